The molecule has 3 rings (SSSR count). The Morgan fingerprint density at radius 2 is 2.32 bits per heavy atom. The number of aliphatic hydroxyl groups is 1. The van der Waals surface area contributed by atoms with Crippen LogP contribution in [0.4, 0.5) is 0 Å². The fourth-order valence-corrected chi connectivity index (χ4v) is 3.02. The quantitative estimate of drug-likeness (QED) is 0.908. The first kappa shape index (κ1) is 14.8. The van der Waals surface area contributed by atoms with Crippen molar-refractivity contribution in [1.29, 1.82) is 0 Å². The van der Waals surface area contributed by atoms with Crippen molar-refractivity contribution >= 4 is 5.91 Å². The molecule has 22 heavy (non-hydrogen) atoms. The molecule has 2 aromatic heterocycles. The molecule has 2 unspecified atom stereocenters. The van der Waals surface area contributed by atoms with Crippen LogP contribution >= 0.6 is 0 Å². The SMILES string of the molecule is CN(CC1CCCCC1O)C(=O)c1cc(-c2ccco2)[nH]n1. The van der Waals surface area contributed by atoms with E-state index in [1.807, 2.05) is 6.07 Å². The highest BCUT2D eigenvalue weighted by Gasteiger charge is 2.26. The molecule has 0 aromatic carbocycles. The standard InChI is InChI=1S/C16H21N3O3/c1-19(10-11-5-2-3-6-14(11)20)16(21)13-9-12(17-18-13)15-7-4-8-22-15/h4,7-9,11,14,20H,2-3,5-6,10H2,1H3,(H,17,18). The normalized spacial score (nSPS) is 21.7. The Labute approximate surface area is 129 Å². The first-order valence-corrected chi connectivity index (χ1v) is 7.68. The number of furan rings is 1. The first-order chi connectivity index (χ1) is 10.6. The minimum Gasteiger partial charge on any atom is -0.463 e. The molecular weight excluding hydrogens is 282 g/mol. The average molecular weight is 303 g/mol. The van der Waals surface area contributed by atoms with Gasteiger partial charge in [-0.2, -0.15) is 5.10 Å². The van der Waals surface area contributed by atoms with Gasteiger partial charge in [0.15, 0.2) is 11.5 Å². The van der Waals surface area contributed by atoms with Gasteiger partial charge in [0.1, 0.15) is 5.69 Å². The summed E-state index contributed by atoms with van der Waals surface area (Å²) in [5, 5.41) is 16.9. The second-order valence-electron chi connectivity index (χ2n) is 5.94. The second-order valence-corrected chi connectivity index (χ2v) is 5.94. The van der Waals surface area contributed by atoms with Gasteiger partial charge < -0.3 is 14.4 Å². The summed E-state index contributed by atoms with van der Waals surface area (Å²) in [6.45, 7) is 0.558. The van der Waals surface area contributed by atoms with Crippen molar-refractivity contribution in [2.75, 3.05) is 13.6 Å². The molecule has 2 N–H and O–H groups in total. The highest BCUT2D eigenvalue weighted by Crippen LogP contribution is 2.25. The summed E-state index contributed by atoms with van der Waals surface area (Å²) < 4.78 is 5.28. The predicted molar refractivity (Wildman–Crippen MR) is 81.2 cm³/mol. The van der Waals surface area contributed by atoms with E-state index in [2.05, 4.69) is 10.2 Å². The molecule has 0 bridgehead atoms. The average Bonchev–Trinajstić information content (AvgIpc) is 3.19. The van der Waals surface area contributed by atoms with Gasteiger partial charge in [-0.15, -0.1) is 0 Å². The molecule has 2 atom stereocenters. The summed E-state index contributed by atoms with van der Waals surface area (Å²) >= 11 is 0. The number of carbonyl (C=O) groups excluding carboxylic acids is 1. The predicted octanol–water partition coefficient (Wildman–Crippen LogP) is 2.29. The Morgan fingerprint density at radius 1 is 1.50 bits per heavy atom. The van der Waals surface area contributed by atoms with E-state index in [1.165, 1.54) is 0 Å². The third-order valence-electron chi connectivity index (χ3n) is 4.31. The molecule has 1 amide bonds. The molecule has 6 heteroatoms. The first-order valence-electron chi connectivity index (χ1n) is 7.68. The number of amides is 1. The van der Waals surface area contributed by atoms with Gasteiger partial charge in [-0.1, -0.05) is 12.8 Å². The molecule has 118 valence electrons. The van der Waals surface area contributed by atoms with Gasteiger partial charge in [0, 0.05) is 25.6 Å². The lowest BCUT2D eigenvalue weighted by Crippen LogP contribution is -2.38. The summed E-state index contributed by atoms with van der Waals surface area (Å²) in [7, 11) is 1.75. The van der Waals surface area contributed by atoms with Crippen molar-refractivity contribution in [2.45, 2.75) is 31.8 Å². The third kappa shape index (κ3) is 3.06. The maximum absolute atomic E-state index is 12.4. The smallest absolute Gasteiger partial charge is 0.274 e. The number of carbonyl (C=O) groups is 1. The molecule has 1 fully saturated rings. The number of rotatable bonds is 4. The van der Waals surface area contributed by atoms with E-state index in [1.54, 1.807) is 30.3 Å². The van der Waals surface area contributed by atoms with E-state index in [0.29, 0.717) is 23.7 Å². The highest BCUT2D eigenvalue weighted by molar-refractivity contribution is 5.93. The van der Waals surface area contributed by atoms with E-state index in [9.17, 15) is 9.90 Å². The number of hydrogen-bond donors (Lipinski definition) is 2. The van der Waals surface area contributed by atoms with E-state index in [4.69, 9.17) is 4.42 Å². The third-order valence-corrected chi connectivity index (χ3v) is 4.31. The number of nitrogens with one attached hydrogen (secondary N) is 1. The molecular formula is C16H21N3O3. The Hall–Kier alpha value is -2.08. The lowest BCUT2D eigenvalue weighted by Gasteiger charge is -2.30. The van der Waals surface area contributed by atoms with Crippen LogP contribution in [0.2, 0.25) is 0 Å². The van der Waals surface area contributed by atoms with Gasteiger partial charge >= 0.3 is 0 Å². The molecule has 2 heterocycles. The van der Waals surface area contributed by atoms with Crippen molar-refractivity contribution in [3.8, 4) is 11.5 Å². The maximum atomic E-state index is 12.4. The number of hydrogen-bond acceptors (Lipinski definition) is 4. The van der Waals surface area contributed by atoms with Crippen LogP contribution in [0.5, 0.6) is 0 Å². The molecule has 6 nitrogen and oxygen atoms in total. The monoisotopic (exact) mass is 303 g/mol. The van der Waals surface area contributed by atoms with Crippen LogP contribution in [0.1, 0.15) is 36.2 Å². The zero-order valence-corrected chi connectivity index (χ0v) is 12.7. The van der Waals surface area contributed by atoms with Crippen LogP contribution in [0.3, 0.4) is 0 Å². The van der Waals surface area contributed by atoms with Gasteiger partial charge in [-0.05, 0) is 25.0 Å². The van der Waals surface area contributed by atoms with Gasteiger partial charge in [0.05, 0.1) is 12.4 Å². The summed E-state index contributed by atoms with van der Waals surface area (Å²) in [6.07, 6.45) is 5.26. The lowest BCUT2D eigenvalue weighted by atomic mass is 9.86. The van der Waals surface area contributed by atoms with Crippen molar-refractivity contribution in [1.82, 2.24) is 15.1 Å². The number of aliphatic hydroxyl groups excluding tert-OH is 1. The Bertz CT molecular complexity index is 620. The molecule has 1 saturated carbocycles. The molecule has 0 radical (unpaired) electrons. The molecule has 1 aliphatic carbocycles. The summed E-state index contributed by atoms with van der Waals surface area (Å²) in [6, 6.07) is 5.28. The van der Waals surface area contributed by atoms with Crippen LogP contribution < -0.4 is 0 Å². The largest absolute Gasteiger partial charge is 0.463 e. The topological polar surface area (TPSA) is 82.4 Å². The van der Waals surface area contributed by atoms with Crippen LogP contribution in [0, 0.1) is 5.92 Å². The Balaban J connectivity index is 1.65. The zero-order valence-electron chi connectivity index (χ0n) is 12.7. The van der Waals surface area contributed by atoms with E-state index in [-0.39, 0.29) is 17.9 Å². The Kier molecular flexibility index (Phi) is 4.29. The number of H-pyrrole nitrogens is 1. The lowest BCUT2D eigenvalue weighted by molar-refractivity contribution is 0.0448. The molecule has 2 aromatic rings. The van der Waals surface area contributed by atoms with Crippen LogP contribution in [-0.2, 0) is 0 Å². The van der Waals surface area contributed by atoms with Crippen molar-refractivity contribution in [3.63, 3.8) is 0 Å². The van der Waals surface area contributed by atoms with E-state index in [0.717, 1.165) is 25.7 Å². The van der Waals surface area contributed by atoms with Crippen molar-refractivity contribution in [3.05, 3.63) is 30.2 Å². The zero-order chi connectivity index (χ0) is 15.5. The van der Waals surface area contributed by atoms with Crippen LogP contribution in [-0.4, -0.2) is 45.8 Å². The summed E-state index contributed by atoms with van der Waals surface area (Å²) in [5.74, 6) is 0.662. The molecule has 0 aliphatic heterocycles. The van der Waals surface area contributed by atoms with Crippen molar-refractivity contribution in [2.24, 2.45) is 5.92 Å². The fraction of sp³-hybridized carbons (Fsp3) is 0.500. The van der Waals surface area contributed by atoms with Crippen molar-refractivity contribution < 1.29 is 14.3 Å². The molecule has 1 aliphatic rings. The maximum Gasteiger partial charge on any atom is 0.274 e. The van der Waals surface area contributed by atoms with Crippen LogP contribution in [0.25, 0.3) is 11.5 Å². The Morgan fingerprint density at radius 3 is 3.05 bits per heavy atom. The minimum atomic E-state index is -0.304. The van der Waals surface area contributed by atoms with Crippen LogP contribution in [0.15, 0.2) is 28.9 Å². The summed E-state index contributed by atoms with van der Waals surface area (Å²) in [5.41, 5.74) is 1.04. The van der Waals surface area contributed by atoms with Gasteiger partial charge in [0.25, 0.3) is 5.91 Å². The second kappa shape index (κ2) is 6.36. The summed E-state index contributed by atoms with van der Waals surface area (Å²) in [4.78, 5) is 14.1. The van der Waals surface area contributed by atoms with Gasteiger partial charge in [0.2, 0.25) is 0 Å². The fourth-order valence-electron chi connectivity index (χ4n) is 3.02. The highest BCUT2D eigenvalue weighted by atomic mass is 16.3. The number of aromatic nitrogens is 2. The minimum absolute atomic E-state index is 0.146. The van der Waals surface area contributed by atoms with E-state index >= 15 is 0 Å². The number of aromatic amines is 1. The molecule has 0 spiro atoms. The molecule has 0 saturated heterocycles. The van der Waals surface area contributed by atoms with Gasteiger partial charge in [-0.25, -0.2) is 0 Å². The van der Waals surface area contributed by atoms with E-state index < -0.39 is 0 Å². The van der Waals surface area contributed by atoms with Gasteiger partial charge in [-0.3, -0.25) is 9.89 Å². The number of nitrogens with zero attached hydrogens (tertiary/aromatic N) is 2.